The Balaban J connectivity index is 1.85. The molecule has 0 atom stereocenters. The summed E-state index contributed by atoms with van der Waals surface area (Å²) in [6.45, 7) is 0. The maximum atomic E-state index is 3.36. The predicted molar refractivity (Wildman–Crippen MR) is 94.1 cm³/mol. The van der Waals surface area contributed by atoms with Crippen LogP contribution in [-0.4, -0.2) is 13.1 Å². The molecule has 1 heteroatoms. The summed E-state index contributed by atoms with van der Waals surface area (Å²) in [6, 6.07) is 19.4. The van der Waals surface area contributed by atoms with Crippen molar-refractivity contribution < 1.29 is 0 Å². The lowest BCUT2D eigenvalue weighted by Crippen LogP contribution is -2.33. The summed E-state index contributed by atoms with van der Waals surface area (Å²) in [5.41, 5.74) is 3.45. The zero-order valence-electron chi connectivity index (χ0n) is 13.3. The summed E-state index contributed by atoms with van der Waals surface area (Å²) in [7, 11) is 2.22. The van der Waals surface area contributed by atoms with Gasteiger partial charge in [-0.1, -0.05) is 61.4 Å². The van der Waals surface area contributed by atoms with Gasteiger partial charge in [-0.3, -0.25) is 0 Å². The van der Waals surface area contributed by atoms with Crippen molar-refractivity contribution in [3.8, 4) is 11.8 Å². The van der Waals surface area contributed by atoms with Gasteiger partial charge < -0.3 is 4.90 Å². The van der Waals surface area contributed by atoms with Gasteiger partial charge in [0, 0.05) is 24.2 Å². The van der Waals surface area contributed by atoms with E-state index < -0.39 is 0 Å². The molecule has 0 unspecified atom stereocenters. The van der Waals surface area contributed by atoms with Gasteiger partial charge in [-0.2, -0.15) is 0 Å². The van der Waals surface area contributed by atoms with Crippen molar-refractivity contribution in [1.82, 2.24) is 0 Å². The van der Waals surface area contributed by atoms with E-state index >= 15 is 0 Å². The minimum absolute atomic E-state index is 0.661. The first kappa shape index (κ1) is 14.7. The number of anilines is 1. The molecule has 0 N–H and O–H groups in total. The second kappa shape index (κ2) is 7.18. The molecule has 112 valence electrons. The van der Waals surface area contributed by atoms with Gasteiger partial charge in [0.1, 0.15) is 0 Å². The number of rotatable bonds is 2. The summed E-state index contributed by atoms with van der Waals surface area (Å²) in [4.78, 5) is 2.44. The van der Waals surface area contributed by atoms with Gasteiger partial charge in [0.05, 0.1) is 5.69 Å². The highest BCUT2D eigenvalue weighted by Gasteiger charge is 2.19. The average Bonchev–Trinajstić information content (AvgIpc) is 2.61. The molecule has 0 saturated heterocycles. The Morgan fingerprint density at radius 1 is 0.818 bits per heavy atom. The van der Waals surface area contributed by atoms with Crippen molar-refractivity contribution in [2.24, 2.45) is 0 Å². The van der Waals surface area contributed by atoms with E-state index in [2.05, 4.69) is 60.2 Å². The van der Waals surface area contributed by atoms with Crippen LogP contribution in [0.4, 0.5) is 5.69 Å². The summed E-state index contributed by atoms with van der Waals surface area (Å²) in [5, 5.41) is 0. The number of benzene rings is 2. The highest BCUT2D eigenvalue weighted by molar-refractivity contribution is 5.62. The fraction of sp³-hybridized carbons (Fsp3) is 0.333. The number of hydrogen-bond acceptors (Lipinski definition) is 1. The molecule has 0 radical (unpaired) electrons. The van der Waals surface area contributed by atoms with E-state index in [9.17, 15) is 0 Å². The maximum absolute atomic E-state index is 3.36. The van der Waals surface area contributed by atoms with Crippen LogP contribution in [0.3, 0.4) is 0 Å². The highest BCUT2D eigenvalue weighted by Crippen LogP contribution is 2.28. The van der Waals surface area contributed by atoms with Crippen molar-refractivity contribution in [3.63, 3.8) is 0 Å². The van der Waals surface area contributed by atoms with Crippen LogP contribution in [-0.2, 0) is 0 Å². The summed E-state index contributed by atoms with van der Waals surface area (Å²) >= 11 is 0. The van der Waals surface area contributed by atoms with Crippen LogP contribution in [0.1, 0.15) is 43.2 Å². The maximum Gasteiger partial charge on any atom is 0.0525 e. The van der Waals surface area contributed by atoms with Crippen molar-refractivity contribution in [2.75, 3.05) is 11.9 Å². The van der Waals surface area contributed by atoms with E-state index in [-0.39, 0.29) is 0 Å². The topological polar surface area (TPSA) is 3.24 Å². The van der Waals surface area contributed by atoms with E-state index in [4.69, 9.17) is 0 Å². The highest BCUT2D eigenvalue weighted by atomic mass is 15.1. The van der Waals surface area contributed by atoms with E-state index in [1.165, 1.54) is 37.8 Å². The van der Waals surface area contributed by atoms with E-state index in [1.54, 1.807) is 0 Å². The van der Waals surface area contributed by atoms with Gasteiger partial charge in [0.25, 0.3) is 0 Å². The van der Waals surface area contributed by atoms with Crippen LogP contribution < -0.4 is 4.90 Å². The Labute approximate surface area is 134 Å². The largest absolute Gasteiger partial charge is 0.371 e. The number of hydrogen-bond donors (Lipinski definition) is 0. The fourth-order valence-electron chi connectivity index (χ4n) is 3.21. The van der Waals surface area contributed by atoms with Crippen LogP contribution in [0, 0.1) is 11.8 Å². The molecule has 0 amide bonds. The molecule has 22 heavy (non-hydrogen) atoms. The minimum Gasteiger partial charge on any atom is -0.371 e. The van der Waals surface area contributed by atoms with Gasteiger partial charge in [0.2, 0.25) is 0 Å². The Bertz CT molecular complexity index is 657. The molecule has 1 saturated carbocycles. The quantitative estimate of drug-likeness (QED) is 0.714. The summed E-state index contributed by atoms with van der Waals surface area (Å²) in [5.74, 6) is 6.64. The molecule has 2 aromatic carbocycles. The fourth-order valence-corrected chi connectivity index (χ4v) is 3.21. The van der Waals surface area contributed by atoms with Crippen LogP contribution in [0.2, 0.25) is 0 Å². The second-order valence-corrected chi connectivity index (χ2v) is 6.04. The van der Waals surface area contributed by atoms with Crippen LogP contribution in [0.25, 0.3) is 0 Å². The van der Waals surface area contributed by atoms with Gasteiger partial charge in [-0.05, 0) is 37.1 Å². The standard InChI is InChI=1S/C21H23N/c1-22(20-13-6-3-7-14-20)21-15-9-8-12-19(21)17-16-18-10-4-2-5-11-18/h2,4-5,8-12,15,20H,3,6-7,13-14H2,1H3. The Hall–Kier alpha value is -2.20. The second-order valence-electron chi connectivity index (χ2n) is 6.04. The Morgan fingerprint density at radius 2 is 1.50 bits per heavy atom. The van der Waals surface area contributed by atoms with Gasteiger partial charge in [0.15, 0.2) is 0 Å². The first-order chi connectivity index (χ1) is 10.8. The van der Waals surface area contributed by atoms with Crippen LogP contribution >= 0.6 is 0 Å². The molecular weight excluding hydrogens is 266 g/mol. The minimum atomic E-state index is 0.661. The molecule has 2 aromatic rings. The number of nitrogens with zero attached hydrogens (tertiary/aromatic N) is 1. The lowest BCUT2D eigenvalue weighted by molar-refractivity contribution is 0.427. The first-order valence-electron chi connectivity index (χ1n) is 8.23. The van der Waals surface area contributed by atoms with Crippen molar-refractivity contribution in [2.45, 2.75) is 38.1 Å². The molecule has 0 spiro atoms. The molecule has 0 aromatic heterocycles. The molecule has 1 nitrogen and oxygen atoms in total. The Kier molecular flexibility index (Phi) is 4.81. The van der Waals surface area contributed by atoms with Crippen molar-refractivity contribution in [1.29, 1.82) is 0 Å². The molecule has 0 heterocycles. The summed E-state index contributed by atoms with van der Waals surface area (Å²) in [6.07, 6.45) is 6.70. The summed E-state index contributed by atoms with van der Waals surface area (Å²) < 4.78 is 0. The zero-order valence-corrected chi connectivity index (χ0v) is 13.3. The van der Waals surface area contributed by atoms with Crippen molar-refractivity contribution in [3.05, 3.63) is 65.7 Å². The third kappa shape index (κ3) is 3.52. The van der Waals surface area contributed by atoms with Gasteiger partial charge in [-0.25, -0.2) is 0 Å². The Morgan fingerprint density at radius 3 is 2.27 bits per heavy atom. The average molecular weight is 289 g/mol. The monoisotopic (exact) mass is 289 g/mol. The SMILES string of the molecule is CN(c1ccccc1C#Cc1ccccc1)C1CCCCC1. The van der Waals surface area contributed by atoms with Crippen LogP contribution in [0.5, 0.6) is 0 Å². The molecule has 0 bridgehead atoms. The zero-order chi connectivity index (χ0) is 15.2. The smallest absolute Gasteiger partial charge is 0.0525 e. The van der Waals surface area contributed by atoms with Gasteiger partial charge >= 0.3 is 0 Å². The van der Waals surface area contributed by atoms with E-state index in [0.717, 1.165) is 11.1 Å². The molecule has 1 fully saturated rings. The third-order valence-corrected chi connectivity index (χ3v) is 4.52. The van der Waals surface area contributed by atoms with Gasteiger partial charge in [-0.15, -0.1) is 0 Å². The molecule has 3 rings (SSSR count). The molecule has 1 aliphatic rings. The third-order valence-electron chi connectivity index (χ3n) is 4.52. The molecule has 0 aliphatic heterocycles. The van der Waals surface area contributed by atoms with Crippen LogP contribution in [0.15, 0.2) is 54.6 Å². The normalized spacial score (nSPS) is 15.0. The van der Waals surface area contributed by atoms with Crippen molar-refractivity contribution >= 4 is 5.69 Å². The lowest BCUT2D eigenvalue weighted by Gasteiger charge is -2.33. The number of para-hydroxylation sites is 1. The molecule has 1 aliphatic carbocycles. The van der Waals surface area contributed by atoms with E-state index in [0.29, 0.717) is 6.04 Å². The van der Waals surface area contributed by atoms with E-state index in [1.807, 2.05) is 18.2 Å². The molecular formula is C21H23N. The predicted octanol–water partition coefficient (Wildman–Crippen LogP) is 4.86. The lowest BCUT2D eigenvalue weighted by atomic mass is 9.94. The first-order valence-corrected chi connectivity index (χ1v) is 8.23.